The van der Waals surface area contributed by atoms with Crippen LogP contribution in [0.3, 0.4) is 0 Å². The van der Waals surface area contributed by atoms with Gasteiger partial charge in [0.15, 0.2) is 0 Å². The second-order valence-corrected chi connectivity index (χ2v) is 7.69. The van der Waals surface area contributed by atoms with E-state index in [0.29, 0.717) is 12.3 Å². The minimum Gasteiger partial charge on any atom is -0.381 e. The molecule has 3 aliphatic rings. The van der Waals surface area contributed by atoms with Gasteiger partial charge in [-0.25, -0.2) is 0 Å². The standard InChI is InChI=1S/C19H29N3O4/c23-19(11-14-3-7-24-8-4-14)20-15-1-2-18-16(12-15)17(21-26-18)13-22-5-9-25-10-6-22/h14-15H,1-13H2,(H,20,23). The molecule has 144 valence electrons. The highest BCUT2D eigenvalue weighted by Gasteiger charge is 2.28. The normalized spacial score (nSPS) is 25.0. The predicted octanol–water partition coefficient (Wildman–Crippen LogP) is 1.30. The first-order chi connectivity index (χ1) is 12.8. The molecule has 0 radical (unpaired) electrons. The highest BCUT2D eigenvalue weighted by atomic mass is 16.5. The van der Waals surface area contributed by atoms with E-state index in [-0.39, 0.29) is 11.9 Å². The Hall–Kier alpha value is -1.44. The number of hydrogen-bond acceptors (Lipinski definition) is 6. The first-order valence-electron chi connectivity index (χ1n) is 9.91. The topological polar surface area (TPSA) is 76.8 Å². The fourth-order valence-electron chi connectivity index (χ4n) is 4.18. The van der Waals surface area contributed by atoms with Crippen LogP contribution in [-0.2, 0) is 33.7 Å². The molecule has 1 N–H and O–H groups in total. The van der Waals surface area contributed by atoms with Crippen molar-refractivity contribution in [3.8, 4) is 0 Å². The number of amides is 1. The number of morpholine rings is 1. The quantitative estimate of drug-likeness (QED) is 0.850. The summed E-state index contributed by atoms with van der Waals surface area (Å²) >= 11 is 0. The number of aromatic nitrogens is 1. The number of aryl methyl sites for hydroxylation is 1. The minimum atomic E-state index is 0.177. The molecule has 0 saturated carbocycles. The van der Waals surface area contributed by atoms with Gasteiger partial charge in [-0.15, -0.1) is 0 Å². The molecule has 4 rings (SSSR count). The van der Waals surface area contributed by atoms with Crippen molar-refractivity contribution in [1.82, 2.24) is 15.4 Å². The summed E-state index contributed by atoms with van der Waals surface area (Å²) in [5.41, 5.74) is 2.24. The number of carbonyl (C=O) groups excluding carboxylic acids is 1. The van der Waals surface area contributed by atoms with Gasteiger partial charge in [-0.2, -0.15) is 0 Å². The summed E-state index contributed by atoms with van der Waals surface area (Å²) in [5.74, 6) is 1.65. The fourth-order valence-corrected chi connectivity index (χ4v) is 4.18. The highest BCUT2D eigenvalue weighted by molar-refractivity contribution is 5.76. The first-order valence-corrected chi connectivity index (χ1v) is 9.91. The smallest absolute Gasteiger partial charge is 0.220 e. The predicted molar refractivity (Wildman–Crippen MR) is 94.7 cm³/mol. The summed E-state index contributed by atoms with van der Waals surface area (Å²) in [6.45, 7) is 5.83. The number of fused-ring (bicyclic) bond motifs is 1. The molecular weight excluding hydrogens is 334 g/mol. The third-order valence-corrected chi connectivity index (χ3v) is 5.78. The molecule has 0 bridgehead atoms. The lowest BCUT2D eigenvalue weighted by molar-refractivity contribution is -0.123. The Balaban J connectivity index is 1.31. The lowest BCUT2D eigenvalue weighted by atomic mass is 9.91. The van der Waals surface area contributed by atoms with E-state index in [1.807, 2.05) is 0 Å². The van der Waals surface area contributed by atoms with E-state index in [4.69, 9.17) is 14.0 Å². The second-order valence-electron chi connectivity index (χ2n) is 7.69. The molecule has 7 heteroatoms. The molecule has 0 spiro atoms. The number of carbonyl (C=O) groups is 1. The van der Waals surface area contributed by atoms with Gasteiger partial charge in [0.05, 0.1) is 13.2 Å². The summed E-state index contributed by atoms with van der Waals surface area (Å²) in [7, 11) is 0. The van der Waals surface area contributed by atoms with Crippen LogP contribution in [0.4, 0.5) is 0 Å². The van der Waals surface area contributed by atoms with E-state index >= 15 is 0 Å². The molecule has 26 heavy (non-hydrogen) atoms. The van der Waals surface area contributed by atoms with Gasteiger partial charge in [-0.3, -0.25) is 9.69 Å². The van der Waals surface area contributed by atoms with Crippen molar-refractivity contribution in [2.24, 2.45) is 5.92 Å². The van der Waals surface area contributed by atoms with Crippen molar-refractivity contribution in [3.05, 3.63) is 17.0 Å². The van der Waals surface area contributed by atoms with Crippen LogP contribution in [0.1, 0.15) is 42.7 Å². The summed E-state index contributed by atoms with van der Waals surface area (Å²) < 4.78 is 16.4. The van der Waals surface area contributed by atoms with Crippen LogP contribution in [0.15, 0.2) is 4.52 Å². The van der Waals surface area contributed by atoms with Crippen molar-refractivity contribution >= 4 is 5.91 Å². The fraction of sp³-hybridized carbons (Fsp3) is 0.789. The Morgan fingerprint density at radius 2 is 1.88 bits per heavy atom. The Morgan fingerprint density at radius 3 is 2.69 bits per heavy atom. The number of nitrogens with zero attached hydrogens (tertiary/aromatic N) is 2. The number of hydrogen-bond donors (Lipinski definition) is 1. The van der Waals surface area contributed by atoms with Crippen molar-refractivity contribution in [3.63, 3.8) is 0 Å². The lowest BCUT2D eigenvalue weighted by Gasteiger charge is -2.27. The number of ether oxygens (including phenoxy) is 2. The Labute approximate surface area is 154 Å². The largest absolute Gasteiger partial charge is 0.381 e. The van der Waals surface area contributed by atoms with E-state index < -0.39 is 0 Å². The van der Waals surface area contributed by atoms with Crippen LogP contribution >= 0.6 is 0 Å². The maximum atomic E-state index is 12.4. The average Bonchev–Trinajstić information content (AvgIpc) is 3.05. The number of nitrogens with one attached hydrogen (secondary N) is 1. The van der Waals surface area contributed by atoms with Gasteiger partial charge in [0.1, 0.15) is 11.5 Å². The van der Waals surface area contributed by atoms with Crippen LogP contribution in [0.5, 0.6) is 0 Å². The molecule has 2 fully saturated rings. The summed E-state index contributed by atoms with van der Waals surface area (Å²) in [5, 5.41) is 7.56. The molecule has 1 aromatic rings. The molecule has 7 nitrogen and oxygen atoms in total. The lowest BCUT2D eigenvalue weighted by Crippen LogP contribution is -2.40. The van der Waals surface area contributed by atoms with Gasteiger partial charge in [-0.1, -0.05) is 5.16 Å². The first kappa shape index (κ1) is 17.9. The van der Waals surface area contributed by atoms with E-state index in [1.54, 1.807) is 0 Å². The Morgan fingerprint density at radius 1 is 1.12 bits per heavy atom. The van der Waals surface area contributed by atoms with Crippen molar-refractivity contribution in [1.29, 1.82) is 0 Å². The van der Waals surface area contributed by atoms with Crippen molar-refractivity contribution in [2.75, 3.05) is 39.5 Å². The molecule has 1 unspecified atom stereocenters. The minimum absolute atomic E-state index is 0.177. The number of rotatable bonds is 5. The third kappa shape index (κ3) is 4.45. The van der Waals surface area contributed by atoms with Gasteiger partial charge >= 0.3 is 0 Å². The van der Waals surface area contributed by atoms with Crippen LogP contribution in [0.25, 0.3) is 0 Å². The zero-order chi connectivity index (χ0) is 17.8. The zero-order valence-electron chi connectivity index (χ0n) is 15.4. The molecule has 1 aliphatic carbocycles. The van der Waals surface area contributed by atoms with Gasteiger partial charge < -0.3 is 19.3 Å². The van der Waals surface area contributed by atoms with E-state index in [9.17, 15) is 4.79 Å². The zero-order valence-corrected chi connectivity index (χ0v) is 15.4. The van der Waals surface area contributed by atoms with Crippen molar-refractivity contribution in [2.45, 2.75) is 51.1 Å². The van der Waals surface area contributed by atoms with E-state index in [2.05, 4.69) is 15.4 Å². The molecule has 3 heterocycles. The molecule has 0 aromatic carbocycles. The van der Waals surface area contributed by atoms with Crippen LogP contribution in [0.2, 0.25) is 0 Å². The third-order valence-electron chi connectivity index (χ3n) is 5.78. The molecule has 2 saturated heterocycles. The molecular formula is C19H29N3O4. The van der Waals surface area contributed by atoms with E-state index in [1.165, 1.54) is 5.56 Å². The van der Waals surface area contributed by atoms with Gasteiger partial charge in [0.2, 0.25) is 5.91 Å². The molecule has 2 aliphatic heterocycles. The van der Waals surface area contributed by atoms with Crippen LogP contribution < -0.4 is 5.32 Å². The van der Waals surface area contributed by atoms with Gasteiger partial charge in [-0.05, 0) is 31.6 Å². The monoisotopic (exact) mass is 363 g/mol. The van der Waals surface area contributed by atoms with Crippen LogP contribution in [0, 0.1) is 5.92 Å². The molecule has 1 aromatic heterocycles. The summed E-state index contributed by atoms with van der Waals surface area (Å²) in [6, 6.07) is 0.192. The SMILES string of the molecule is O=C(CC1CCOCC1)NC1CCc2onc(CN3CCOCC3)c2C1. The highest BCUT2D eigenvalue weighted by Crippen LogP contribution is 2.26. The second kappa shape index (κ2) is 8.50. The average molecular weight is 363 g/mol. The van der Waals surface area contributed by atoms with Gasteiger partial charge in [0, 0.05) is 57.3 Å². The van der Waals surface area contributed by atoms with Crippen molar-refractivity contribution < 1.29 is 18.8 Å². The van der Waals surface area contributed by atoms with Gasteiger partial charge in [0.25, 0.3) is 0 Å². The Bertz CT molecular complexity index is 606. The summed E-state index contributed by atoms with van der Waals surface area (Å²) in [4.78, 5) is 14.8. The summed E-state index contributed by atoms with van der Waals surface area (Å²) in [6.07, 6.45) is 5.23. The maximum absolute atomic E-state index is 12.4. The molecule has 1 amide bonds. The molecule has 1 atom stereocenters. The Kier molecular flexibility index (Phi) is 5.87. The van der Waals surface area contributed by atoms with Crippen LogP contribution in [-0.4, -0.2) is 61.5 Å². The maximum Gasteiger partial charge on any atom is 0.220 e. The van der Waals surface area contributed by atoms with E-state index in [0.717, 1.165) is 89.6 Å².